The number of urea groups is 1. The first-order valence-corrected chi connectivity index (χ1v) is 13.3. The van der Waals surface area contributed by atoms with Crippen molar-refractivity contribution in [3.05, 3.63) is 34.9 Å². The zero-order valence-electron chi connectivity index (χ0n) is 22.8. The molecule has 1 aromatic carbocycles. The number of nitrogens with zero attached hydrogens (tertiary/aromatic N) is 1. The molecule has 1 aliphatic heterocycles. The van der Waals surface area contributed by atoms with Crippen molar-refractivity contribution in [3.8, 4) is 0 Å². The molecular weight excluding hydrogens is 517 g/mol. The van der Waals surface area contributed by atoms with Crippen LogP contribution in [0.1, 0.15) is 60.5 Å². The Labute approximate surface area is 227 Å². The number of benzene rings is 1. The molecule has 37 heavy (non-hydrogen) atoms. The lowest BCUT2D eigenvalue weighted by Gasteiger charge is -2.51. The summed E-state index contributed by atoms with van der Waals surface area (Å²) in [5.41, 5.74) is -2.00. The van der Waals surface area contributed by atoms with Gasteiger partial charge in [0.15, 0.2) is 6.10 Å². The van der Waals surface area contributed by atoms with Gasteiger partial charge >= 0.3 is 12.0 Å². The zero-order chi connectivity index (χ0) is 28.2. The summed E-state index contributed by atoms with van der Waals surface area (Å²) >= 11 is 6.02. The number of piperidine rings is 1. The summed E-state index contributed by atoms with van der Waals surface area (Å²) in [6.45, 7) is 13.2. The van der Waals surface area contributed by atoms with Crippen molar-refractivity contribution in [2.75, 3.05) is 19.6 Å². The third-order valence-corrected chi connectivity index (χ3v) is 7.55. The van der Waals surface area contributed by atoms with Gasteiger partial charge in [0, 0.05) is 33.0 Å². The fourth-order valence-corrected chi connectivity index (χ4v) is 4.65. The second-order valence-electron chi connectivity index (χ2n) is 11.3. The number of hydrogen-bond donors (Lipinski definition) is 3. The van der Waals surface area contributed by atoms with Crippen LogP contribution in [0.25, 0.3) is 0 Å². The van der Waals surface area contributed by atoms with Gasteiger partial charge in [0.1, 0.15) is 11.6 Å². The SMILES string of the molecule is CC(OP)C(=O)OC(C)(C)CNC(=O)N[C@@H](C(=O)N1CC[C@](O)(c2ccc(Cl)cc2)C(C)(C)C1)C(C)C. The number of carbonyl (C=O) groups excluding carboxylic acids is 3. The van der Waals surface area contributed by atoms with E-state index in [1.165, 1.54) is 0 Å². The van der Waals surface area contributed by atoms with Crippen molar-refractivity contribution in [1.82, 2.24) is 15.5 Å². The van der Waals surface area contributed by atoms with Crippen LogP contribution in [0, 0.1) is 11.3 Å². The highest BCUT2D eigenvalue weighted by molar-refractivity contribution is 7.09. The maximum Gasteiger partial charge on any atom is 0.335 e. The van der Waals surface area contributed by atoms with Gasteiger partial charge in [0.25, 0.3) is 0 Å². The number of nitrogens with one attached hydrogen (secondary N) is 2. The van der Waals surface area contributed by atoms with Crippen molar-refractivity contribution < 1.29 is 28.8 Å². The monoisotopic (exact) mass is 557 g/mol. The summed E-state index contributed by atoms with van der Waals surface area (Å²) < 4.78 is 10.3. The molecule has 1 saturated heterocycles. The van der Waals surface area contributed by atoms with E-state index in [1.54, 1.807) is 37.8 Å². The summed E-state index contributed by atoms with van der Waals surface area (Å²) in [4.78, 5) is 39.9. The molecule has 2 unspecified atom stereocenters. The highest BCUT2D eigenvalue weighted by Crippen LogP contribution is 2.46. The van der Waals surface area contributed by atoms with Gasteiger partial charge in [-0.05, 0) is 50.8 Å². The average molecular weight is 558 g/mol. The minimum atomic E-state index is -1.13. The van der Waals surface area contributed by atoms with Crippen LogP contribution in [0.4, 0.5) is 4.79 Å². The maximum absolute atomic E-state index is 13.5. The normalized spacial score (nSPS) is 21.2. The molecule has 0 aromatic heterocycles. The number of amides is 3. The highest BCUT2D eigenvalue weighted by atomic mass is 35.5. The number of esters is 1. The Morgan fingerprint density at radius 3 is 2.30 bits per heavy atom. The lowest BCUT2D eigenvalue weighted by Crippen LogP contribution is -2.61. The van der Waals surface area contributed by atoms with Gasteiger partial charge in [0.2, 0.25) is 5.91 Å². The molecule has 1 fully saturated rings. The second kappa shape index (κ2) is 12.3. The minimum absolute atomic E-state index is 0.0397. The summed E-state index contributed by atoms with van der Waals surface area (Å²) in [5.74, 6) is -0.943. The summed E-state index contributed by atoms with van der Waals surface area (Å²) in [6, 6.07) is 5.82. The first-order valence-electron chi connectivity index (χ1n) is 12.4. The van der Waals surface area contributed by atoms with Gasteiger partial charge in [-0.15, -0.1) is 0 Å². The van der Waals surface area contributed by atoms with E-state index in [4.69, 9.17) is 20.9 Å². The Morgan fingerprint density at radius 1 is 1.19 bits per heavy atom. The smallest absolute Gasteiger partial charge is 0.335 e. The first kappa shape index (κ1) is 31.3. The van der Waals surface area contributed by atoms with E-state index in [2.05, 4.69) is 10.6 Å². The van der Waals surface area contributed by atoms with Crippen LogP contribution in [0.2, 0.25) is 5.02 Å². The van der Waals surface area contributed by atoms with Gasteiger partial charge in [0.05, 0.1) is 12.1 Å². The van der Waals surface area contributed by atoms with Crippen LogP contribution >= 0.6 is 21.1 Å². The molecule has 0 bridgehead atoms. The van der Waals surface area contributed by atoms with Crippen LogP contribution < -0.4 is 10.6 Å². The predicted molar refractivity (Wildman–Crippen MR) is 146 cm³/mol. The Balaban J connectivity index is 2.04. The fourth-order valence-electron chi connectivity index (χ4n) is 4.41. The van der Waals surface area contributed by atoms with E-state index in [-0.39, 0.29) is 18.4 Å². The standard InChI is InChI=1S/C26H41ClN3O6P/c1-16(2)20(29-23(33)28-14-25(6,7)35-22(32)17(3)36-37)21(31)30-13-12-26(34,24(4,5)15-30)18-8-10-19(27)11-9-18/h8-11,16-17,20,34H,12-15,37H2,1-7H3,(H2,28,29,33)/t17?,20-,26+/m1/s1. The second-order valence-corrected chi connectivity index (χ2v) is 12.0. The highest BCUT2D eigenvalue weighted by Gasteiger charge is 2.50. The van der Waals surface area contributed by atoms with E-state index in [9.17, 15) is 19.5 Å². The molecule has 1 heterocycles. The van der Waals surface area contributed by atoms with Crippen molar-refractivity contribution in [2.45, 2.75) is 78.2 Å². The zero-order valence-corrected chi connectivity index (χ0v) is 24.7. The lowest BCUT2D eigenvalue weighted by atomic mass is 9.66. The molecule has 1 aromatic rings. The number of halogens is 1. The van der Waals surface area contributed by atoms with Crippen molar-refractivity contribution in [2.24, 2.45) is 11.3 Å². The average Bonchev–Trinajstić information content (AvgIpc) is 2.81. The molecule has 4 atom stereocenters. The Bertz CT molecular complexity index is 972. The van der Waals surface area contributed by atoms with Crippen molar-refractivity contribution in [1.29, 1.82) is 0 Å². The molecule has 1 aliphatic rings. The Morgan fingerprint density at radius 2 is 1.78 bits per heavy atom. The number of hydrogen-bond acceptors (Lipinski definition) is 6. The molecule has 0 spiro atoms. The van der Waals surface area contributed by atoms with Crippen molar-refractivity contribution >= 4 is 39.0 Å². The van der Waals surface area contributed by atoms with E-state index in [0.717, 1.165) is 5.56 Å². The fraction of sp³-hybridized carbons (Fsp3) is 0.654. The molecule has 0 aliphatic carbocycles. The molecule has 208 valence electrons. The van der Waals surface area contributed by atoms with E-state index in [0.29, 0.717) is 24.5 Å². The largest absolute Gasteiger partial charge is 0.456 e. The quantitative estimate of drug-likeness (QED) is 0.315. The number of ether oxygens (including phenoxy) is 1. The van der Waals surface area contributed by atoms with E-state index in [1.807, 2.05) is 49.3 Å². The molecule has 9 nitrogen and oxygen atoms in total. The molecule has 0 saturated carbocycles. The predicted octanol–water partition coefficient (Wildman–Crippen LogP) is 3.63. The van der Waals surface area contributed by atoms with Gasteiger partial charge in [-0.3, -0.25) is 4.79 Å². The van der Waals surface area contributed by atoms with E-state index >= 15 is 0 Å². The lowest BCUT2D eigenvalue weighted by molar-refractivity contribution is -0.163. The van der Waals surface area contributed by atoms with Crippen LogP contribution in [-0.4, -0.2) is 65.3 Å². The van der Waals surface area contributed by atoms with Crippen LogP contribution in [0.15, 0.2) is 24.3 Å². The molecule has 3 amide bonds. The number of rotatable bonds is 9. The van der Waals surface area contributed by atoms with Crippen LogP contribution in [0.3, 0.4) is 0 Å². The number of aliphatic hydroxyl groups is 1. The molecule has 11 heteroatoms. The number of carbonyl (C=O) groups is 3. The summed E-state index contributed by atoms with van der Waals surface area (Å²) in [5, 5.41) is 17.7. The van der Waals surface area contributed by atoms with Gasteiger partial charge < -0.3 is 29.9 Å². The summed E-state index contributed by atoms with van der Waals surface area (Å²) in [7, 11) is 2.01. The molecule has 0 radical (unpaired) electrons. The molecule has 3 N–H and O–H groups in total. The Hall–Kier alpha value is -1.93. The van der Waals surface area contributed by atoms with Gasteiger partial charge in [-0.25, -0.2) is 9.59 Å². The van der Waals surface area contributed by atoms with Gasteiger partial charge in [-0.1, -0.05) is 51.4 Å². The van der Waals surface area contributed by atoms with Crippen LogP contribution in [0.5, 0.6) is 0 Å². The molecule has 2 rings (SSSR count). The first-order chi connectivity index (χ1) is 17.0. The van der Waals surface area contributed by atoms with E-state index < -0.39 is 40.8 Å². The third kappa shape index (κ3) is 7.79. The Kier molecular flexibility index (Phi) is 10.4. The summed E-state index contributed by atoms with van der Waals surface area (Å²) in [6.07, 6.45) is -0.408. The maximum atomic E-state index is 13.5. The number of likely N-dealkylation sites (tertiary alicyclic amines) is 1. The molecular formula is C26H41ClN3O6P. The van der Waals surface area contributed by atoms with Crippen LogP contribution in [-0.2, 0) is 24.5 Å². The van der Waals surface area contributed by atoms with Crippen molar-refractivity contribution in [3.63, 3.8) is 0 Å². The third-order valence-electron chi connectivity index (χ3n) is 6.89. The minimum Gasteiger partial charge on any atom is -0.456 e. The van der Waals surface area contributed by atoms with Gasteiger partial charge in [-0.2, -0.15) is 0 Å². The topological polar surface area (TPSA) is 117 Å².